The zero-order valence-electron chi connectivity index (χ0n) is 23.0. The summed E-state index contributed by atoms with van der Waals surface area (Å²) >= 11 is 0. The standard InChI is InChI=1S/C32H34N2O5/c1-20(22-10-7-6-8-11-22)34-19-25(18-31(34)35)21(2)39-28-15-23(14-27-26(28)12-9-13-33-27)24-16-29(36-3)32(38-5)30(17-24)37-4/h6-17,20-21,25H,18-19H2,1-5H3/t20?,21-,25-/m1/s1. The molecule has 7 heteroatoms. The van der Waals surface area contributed by atoms with Gasteiger partial charge in [0, 0.05) is 30.5 Å². The molecule has 7 nitrogen and oxygen atoms in total. The van der Waals surface area contributed by atoms with Crippen molar-refractivity contribution in [3.63, 3.8) is 0 Å². The lowest BCUT2D eigenvalue weighted by Gasteiger charge is -2.27. The molecule has 2 heterocycles. The van der Waals surface area contributed by atoms with Gasteiger partial charge in [-0.25, -0.2) is 0 Å². The van der Waals surface area contributed by atoms with Gasteiger partial charge in [-0.1, -0.05) is 30.3 Å². The van der Waals surface area contributed by atoms with E-state index in [2.05, 4.69) is 24.0 Å². The number of benzene rings is 3. The Kier molecular flexibility index (Phi) is 7.59. The second-order valence-electron chi connectivity index (χ2n) is 9.88. The lowest BCUT2D eigenvalue weighted by molar-refractivity contribution is -0.129. The molecule has 1 amide bonds. The first-order valence-electron chi connectivity index (χ1n) is 13.1. The number of carbonyl (C=O) groups excluding carboxylic acids is 1. The van der Waals surface area contributed by atoms with Crippen molar-refractivity contribution in [1.82, 2.24) is 9.88 Å². The minimum Gasteiger partial charge on any atom is -0.493 e. The smallest absolute Gasteiger partial charge is 0.223 e. The van der Waals surface area contributed by atoms with Crippen molar-refractivity contribution >= 4 is 16.8 Å². The molecule has 1 aromatic heterocycles. The number of pyridine rings is 1. The maximum absolute atomic E-state index is 13.0. The van der Waals surface area contributed by atoms with Gasteiger partial charge in [-0.05, 0) is 66.9 Å². The fourth-order valence-electron chi connectivity index (χ4n) is 5.32. The highest BCUT2D eigenvalue weighted by Crippen LogP contribution is 2.43. The van der Waals surface area contributed by atoms with Crippen molar-refractivity contribution in [3.05, 3.63) is 78.5 Å². The fraction of sp³-hybridized carbons (Fsp3) is 0.312. The van der Waals surface area contributed by atoms with Crippen LogP contribution < -0.4 is 18.9 Å². The monoisotopic (exact) mass is 526 g/mol. The van der Waals surface area contributed by atoms with Gasteiger partial charge in [0.15, 0.2) is 11.5 Å². The average Bonchev–Trinajstić information content (AvgIpc) is 3.37. The second kappa shape index (κ2) is 11.2. The number of rotatable bonds is 9. The fourth-order valence-corrected chi connectivity index (χ4v) is 5.32. The number of fused-ring (bicyclic) bond motifs is 1. The Morgan fingerprint density at radius 3 is 2.18 bits per heavy atom. The van der Waals surface area contributed by atoms with Gasteiger partial charge in [0.1, 0.15) is 11.9 Å². The zero-order valence-corrected chi connectivity index (χ0v) is 23.0. The molecule has 1 unspecified atom stereocenters. The van der Waals surface area contributed by atoms with E-state index in [-0.39, 0.29) is 24.0 Å². The van der Waals surface area contributed by atoms with Crippen LogP contribution in [0.2, 0.25) is 0 Å². The first kappa shape index (κ1) is 26.4. The molecule has 0 aliphatic carbocycles. The van der Waals surface area contributed by atoms with Crippen molar-refractivity contribution in [3.8, 4) is 34.1 Å². The van der Waals surface area contributed by atoms with E-state index >= 15 is 0 Å². The van der Waals surface area contributed by atoms with E-state index in [4.69, 9.17) is 18.9 Å². The van der Waals surface area contributed by atoms with E-state index in [1.807, 2.05) is 66.4 Å². The van der Waals surface area contributed by atoms with Crippen LogP contribution in [0.15, 0.2) is 72.9 Å². The molecule has 1 fully saturated rings. The van der Waals surface area contributed by atoms with Gasteiger partial charge < -0.3 is 23.8 Å². The molecule has 3 atom stereocenters. The maximum Gasteiger partial charge on any atom is 0.223 e. The number of likely N-dealkylation sites (tertiary alicyclic amines) is 1. The first-order chi connectivity index (χ1) is 18.9. The molecule has 3 aromatic carbocycles. The third-order valence-corrected chi connectivity index (χ3v) is 7.60. The zero-order chi connectivity index (χ0) is 27.5. The van der Waals surface area contributed by atoms with Gasteiger partial charge in [-0.2, -0.15) is 0 Å². The Morgan fingerprint density at radius 1 is 0.846 bits per heavy atom. The van der Waals surface area contributed by atoms with Crippen molar-refractivity contribution in [2.75, 3.05) is 27.9 Å². The number of hydrogen-bond donors (Lipinski definition) is 0. The maximum atomic E-state index is 13.0. The van der Waals surface area contributed by atoms with Crippen LogP contribution >= 0.6 is 0 Å². The molecule has 1 aliphatic rings. The minimum absolute atomic E-state index is 0.0179. The highest BCUT2D eigenvalue weighted by Gasteiger charge is 2.37. The molecule has 0 saturated carbocycles. The predicted octanol–water partition coefficient (Wildman–Crippen LogP) is 6.30. The van der Waals surface area contributed by atoms with Gasteiger partial charge in [-0.15, -0.1) is 0 Å². The summed E-state index contributed by atoms with van der Waals surface area (Å²) in [6, 6.07) is 21.9. The second-order valence-corrected chi connectivity index (χ2v) is 9.88. The van der Waals surface area contributed by atoms with Crippen LogP contribution in [0.5, 0.6) is 23.0 Å². The first-order valence-corrected chi connectivity index (χ1v) is 13.1. The molecule has 4 aromatic rings. The van der Waals surface area contributed by atoms with Crippen LogP contribution in [-0.2, 0) is 4.79 Å². The molecule has 39 heavy (non-hydrogen) atoms. The Labute approximate surface area is 229 Å². The normalized spacial score (nSPS) is 16.7. The number of ether oxygens (including phenoxy) is 4. The summed E-state index contributed by atoms with van der Waals surface area (Å²) in [5.41, 5.74) is 3.74. The van der Waals surface area contributed by atoms with Crippen LogP contribution in [0.3, 0.4) is 0 Å². The highest BCUT2D eigenvalue weighted by atomic mass is 16.5. The molecule has 5 rings (SSSR count). The molecule has 1 aliphatic heterocycles. The van der Waals surface area contributed by atoms with E-state index in [1.54, 1.807) is 27.5 Å². The Morgan fingerprint density at radius 2 is 1.51 bits per heavy atom. The Hall–Kier alpha value is -4.26. The summed E-state index contributed by atoms with van der Waals surface area (Å²) in [5, 5.41) is 0.916. The quantitative estimate of drug-likeness (QED) is 0.255. The van der Waals surface area contributed by atoms with Crippen molar-refractivity contribution < 1.29 is 23.7 Å². The molecule has 0 bridgehead atoms. The van der Waals surface area contributed by atoms with Gasteiger partial charge in [-0.3, -0.25) is 9.78 Å². The number of nitrogens with zero attached hydrogens (tertiary/aromatic N) is 2. The number of amides is 1. The molecule has 0 radical (unpaired) electrons. The summed E-state index contributed by atoms with van der Waals surface area (Å²) in [6.07, 6.45) is 2.05. The van der Waals surface area contributed by atoms with Crippen molar-refractivity contribution in [2.24, 2.45) is 5.92 Å². The van der Waals surface area contributed by atoms with Crippen molar-refractivity contribution in [1.29, 1.82) is 0 Å². The van der Waals surface area contributed by atoms with Crippen LogP contribution in [0.25, 0.3) is 22.0 Å². The molecular weight excluding hydrogens is 492 g/mol. The van der Waals surface area contributed by atoms with Gasteiger partial charge in [0.05, 0.1) is 32.9 Å². The lowest BCUT2D eigenvalue weighted by atomic mass is 10.0. The van der Waals surface area contributed by atoms with E-state index in [9.17, 15) is 4.79 Å². The SMILES string of the molecule is COc1cc(-c2cc(O[C@H](C)[C@@H]3CC(=O)N(C(C)c4ccccc4)C3)c3cccnc3c2)cc(OC)c1OC. The summed E-state index contributed by atoms with van der Waals surface area (Å²) in [7, 11) is 4.79. The van der Waals surface area contributed by atoms with Crippen LogP contribution in [0, 0.1) is 5.92 Å². The predicted molar refractivity (Wildman–Crippen MR) is 152 cm³/mol. The van der Waals surface area contributed by atoms with E-state index in [0.29, 0.717) is 30.2 Å². The summed E-state index contributed by atoms with van der Waals surface area (Å²) in [4.78, 5) is 19.6. The molecule has 0 N–H and O–H groups in total. The average molecular weight is 527 g/mol. The Bertz CT molecular complexity index is 1450. The number of aromatic nitrogens is 1. The summed E-state index contributed by atoms with van der Waals surface area (Å²) in [5.74, 6) is 2.62. The van der Waals surface area contributed by atoms with Crippen LogP contribution in [0.1, 0.15) is 31.9 Å². The third-order valence-electron chi connectivity index (χ3n) is 7.60. The molecule has 202 valence electrons. The topological polar surface area (TPSA) is 70.1 Å². The molecule has 1 saturated heterocycles. The van der Waals surface area contributed by atoms with Gasteiger partial charge >= 0.3 is 0 Å². The number of hydrogen-bond acceptors (Lipinski definition) is 6. The van der Waals surface area contributed by atoms with Crippen LogP contribution in [-0.4, -0.2) is 49.8 Å². The van der Waals surface area contributed by atoms with E-state index in [1.165, 1.54) is 0 Å². The number of carbonyl (C=O) groups is 1. The minimum atomic E-state index is -0.180. The number of methoxy groups -OCH3 is 3. The summed E-state index contributed by atoms with van der Waals surface area (Å²) < 4.78 is 23.3. The highest BCUT2D eigenvalue weighted by molar-refractivity contribution is 5.90. The van der Waals surface area contributed by atoms with Gasteiger partial charge in [0.2, 0.25) is 11.7 Å². The lowest BCUT2D eigenvalue weighted by Crippen LogP contribution is -2.31. The Balaban J connectivity index is 1.45. The largest absolute Gasteiger partial charge is 0.493 e. The molecular formula is C32H34N2O5. The molecule has 0 spiro atoms. The van der Waals surface area contributed by atoms with E-state index < -0.39 is 0 Å². The van der Waals surface area contributed by atoms with E-state index in [0.717, 1.165) is 33.3 Å². The van der Waals surface area contributed by atoms with Crippen molar-refractivity contribution in [2.45, 2.75) is 32.4 Å². The third kappa shape index (κ3) is 5.21. The summed E-state index contributed by atoms with van der Waals surface area (Å²) in [6.45, 7) is 4.78. The van der Waals surface area contributed by atoms with Gasteiger partial charge in [0.25, 0.3) is 0 Å². The van der Waals surface area contributed by atoms with Crippen LogP contribution in [0.4, 0.5) is 0 Å².